The van der Waals surface area contributed by atoms with E-state index in [9.17, 15) is 24.3 Å². The fraction of sp³-hybridized carbons (Fsp3) is 0.419. The van der Waals surface area contributed by atoms with Crippen molar-refractivity contribution >= 4 is 34.6 Å². The molecule has 5 atom stereocenters. The van der Waals surface area contributed by atoms with Gasteiger partial charge in [-0.3, -0.25) is 14.4 Å². The molecule has 0 saturated heterocycles. The van der Waals surface area contributed by atoms with E-state index in [4.69, 9.17) is 5.73 Å². The van der Waals surface area contributed by atoms with Crippen molar-refractivity contribution in [1.29, 1.82) is 0 Å². The Morgan fingerprint density at radius 2 is 1.46 bits per heavy atom. The van der Waals surface area contributed by atoms with Gasteiger partial charge in [-0.1, -0.05) is 82.6 Å². The van der Waals surface area contributed by atoms with Crippen LogP contribution in [0.15, 0.2) is 60.8 Å². The molecule has 1 aromatic heterocycles. The Morgan fingerprint density at radius 1 is 0.829 bits per heavy atom. The highest BCUT2D eigenvalue weighted by Crippen LogP contribution is 2.20. The lowest BCUT2D eigenvalue weighted by molar-refractivity contribution is -0.142. The lowest BCUT2D eigenvalue weighted by Gasteiger charge is -2.27. The van der Waals surface area contributed by atoms with Gasteiger partial charge in [0, 0.05) is 29.9 Å². The number of carbonyl (C=O) groups excluding carboxylic acids is 3. The van der Waals surface area contributed by atoms with Gasteiger partial charge in [-0.25, -0.2) is 4.79 Å². The first-order valence-corrected chi connectivity index (χ1v) is 14.0. The van der Waals surface area contributed by atoms with Gasteiger partial charge in [-0.05, 0) is 29.0 Å². The normalized spacial score (nSPS) is 15.0. The number of aromatic nitrogens is 1. The molecular weight excluding hydrogens is 522 g/mol. The fourth-order valence-electron chi connectivity index (χ4n) is 4.61. The minimum absolute atomic E-state index is 0.0907. The first-order valence-electron chi connectivity index (χ1n) is 14.0. The molecule has 220 valence electrons. The number of para-hydroxylation sites is 1. The quantitative estimate of drug-likeness (QED) is 0.176. The van der Waals surface area contributed by atoms with Crippen LogP contribution in [-0.2, 0) is 32.0 Å². The number of benzene rings is 2. The van der Waals surface area contributed by atoms with Crippen LogP contribution in [0.4, 0.5) is 0 Å². The smallest absolute Gasteiger partial charge is 0.326 e. The van der Waals surface area contributed by atoms with Crippen LogP contribution in [0, 0.1) is 11.8 Å². The van der Waals surface area contributed by atoms with Crippen molar-refractivity contribution in [2.24, 2.45) is 17.6 Å². The molecule has 3 rings (SSSR count). The SMILES string of the molecule is CCC(C)C(N)C(=O)NC(Cc1c[nH]c2ccccc12)C(=O)NC(C(=O)NC(Cc1ccccc1)C(=O)O)C(C)C. The van der Waals surface area contributed by atoms with E-state index < -0.39 is 47.9 Å². The van der Waals surface area contributed by atoms with E-state index in [-0.39, 0.29) is 24.7 Å². The largest absolute Gasteiger partial charge is 0.480 e. The van der Waals surface area contributed by atoms with Crippen molar-refractivity contribution in [2.45, 2.75) is 71.1 Å². The van der Waals surface area contributed by atoms with Gasteiger partial charge in [0.1, 0.15) is 18.1 Å². The van der Waals surface area contributed by atoms with Gasteiger partial charge in [0.15, 0.2) is 0 Å². The summed E-state index contributed by atoms with van der Waals surface area (Å²) in [6, 6.07) is 12.6. The van der Waals surface area contributed by atoms with Crippen molar-refractivity contribution < 1.29 is 24.3 Å². The molecule has 2 aromatic carbocycles. The maximum atomic E-state index is 13.7. The maximum absolute atomic E-state index is 13.7. The van der Waals surface area contributed by atoms with E-state index in [0.29, 0.717) is 6.42 Å². The Kier molecular flexibility index (Phi) is 11.0. The molecule has 0 aliphatic carbocycles. The highest BCUT2D eigenvalue weighted by molar-refractivity contribution is 5.95. The Bertz CT molecular complexity index is 1340. The topological polar surface area (TPSA) is 166 Å². The zero-order valence-electron chi connectivity index (χ0n) is 24.0. The van der Waals surface area contributed by atoms with E-state index in [0.717, 1.165) is 22.0 Å². The highest BCUT2D eigenvalue weighted by Gasteiger charge is 2.33. The maximum Gasteiger partial charge on any atom is 0.326 e. The van der Waals surface area contributed by atoms with Crippen molar-refractivity contribution in [1.82, 2.24) is 20.9 Å². The standard InChI is InChI=1S/C31H41N5O5/c1-5-19(4)26(32)29(38)34-24(16-21-17-33-23-14-10-9-13-22(21)23)28(37)36-27(18(2)3)30(39)35-25(31(40)41)15-20-11-7-6-8-12-20/h6-14,17-19,24-27,33H,5,15-16,32H2,1-4H3,(H,34,38)(H,35,39)(H,36,37)(H,40,41). The zero-order valence-corrected chi connectivity index (χ0v) is 24.0. The molecule has 0 aliphatic rings. The molecule has 0 saturated carbocycles. The number of fused-ring (bicyclic) bond motifs is 1. The molecule has 0 spiro atoms. The number of rotatable bonds is 14. The number of amides is 3. The van der Waals surface area contributed by atoms with Crippen molar-refractivity contribution in [2.75, 3.05) is 0 Å². The van der Waals surface area contributed by atoms with Crippen LogP contribution < -0.4 is 21.7 Å². The number of nitrogens with two attached hydrogens (primary N) is 1. The summed E-state index contributed by atoms with van der Waals surface area (Å²) in [5, 5.41) is 18.8. The van der Waals surface area contributed by atoms with Crippen LogP contribution >= 0.6 is 0 Å². The molecule has 3 amide bonds. The van der Waals surface area contributed by atoms with Crippen LogP contribution in [0.1, 0.15) is 45.2 Å². The summed E-state index contributed by atoms with van der Waals surface area (Å²) < 4.78 is 0. The summed E-state index contributed by atoms with van der Waals surface area (Å²) in [6.45, 7) is 7.31. The average molecular weight is 564 g/mol. The lowest BCUT2D eigenvalue weighted by Crippen LogP contribution is -2.59. The third-order valence-corrected chi connectivity index (χ3v) is 7.44. The summed E-state index contributed by atoms with van der Waals surface area (Å²) in [6.07, 6.45) is 2.73. The number of aromatic amines is 1. The molecule has 0 bridgehead atoms. The minimum Gasteiger partial charge on any atom is -0.480 e. The lowest BCUT2D eigenvalue weighted by atomic mass is 9.97. The van der Waals surface area contributed by atoms with Crippen LogP contribution in [0.2, 0.25) is 0 Å². The second-order valence-electron chi connectivity index (χ2n) is 10.9. The first kappa shape index (κ1) is 31.3. The van der Waals surface area contributed by atoms with Gasteiger partial charge in [-0.15, -0.1) is 0 Å². The second-order valence-corrected chi connectivity index (χ2v) is 10.9. The predicted octanol–water partition coefficient (Wildman–Crippen LogP) is 2.52. The molecule has 10 nitrogen and oxygen atoms in total. The Balaban J connectivity index is 1.81. The number of hydrogen-bond acceptors (Lipinski definition) is 5. The summed E-state index contributed by atoms with van der Waals surface area (Å²) in [5.41, 5.74) is 8.62. The van der Waals surface area contributed by atoms with E-state index in [1.54, 1.807) is 44.3 Å². The number of H-pyrrole nitrogens is 1. The minimum atomic E-state index is -1.18. The van der Waals surface area contributed by atoms with Crippen molar-refractivity contribution in [3.8, 4) is 0 Å². The summed E-state index contributed by atoms with van der Waals surface area (Å²) in [7, 11) is 0. The second kappa shape index (κ2) is 14.5. The van der Waals surface area contributed by atoms with Gasteiger partial charge in [-0.2, -0.15) is 0 Å². The molecule has 41 heavy (non-hydrogen) atoms. The van der Waals surface area contributed by atoms with Crippen LogP contribution in [-0.4, -0.2) is 57.9 Å². The molecular formula is C31H41N5O5. The molecule has 10 heteroatoms. The number of aliphatic carboxylic acids is 1. The van der Waals surface area contributed by atoms with Gasteiger partial charge in [0.2, 0.25) is 17.7 Å². The average Bonchev–Trinajstić information content (AvgIpc) is 3.37. The summed E-state index contributed by atoms with van der Waals surface area (Å²) in [5.74, 6) is -3.29. The summed E-state index contributed by atoms with van der Waals surface area (Å²) in [4.78, 5) is 55.1. The molecule has 0 aliphatic heterocycles. The molecule has 3 aromatic rings. The monoisotopic (exact) mass is 563 g/mol. The Morgan fingerprint density at radius 3 is 2.10 bits per heavy atom. The number of nitrogens with one attached hydrogen (secondary N) is 4. The van der Waals surface area contributed by atoms with Gasteiger partial charge in [0.05, 0.1) is 6.04 Å². The molecule has 1 heterocycles. The van der Waals surface area contributed by atoms with E-state index >= 15 is 0 Å². The van der Waals surface area contributed by atoms with Crippen LogP contribution in [0.5, 0.6) is 0 Å². The predicted molar refractivity (Wildman–Crippen MR) is 158 cm³/mol. The first-order chi connectivity index (χ1) is 19.5. The molecule has 5 unspecified atom stereocenters. The van der Waals surface area contributed by atoms with E-state index in [1.165, 1.54) is 0 Å². The van der Waals surface area contributed by atoms with Gasteiger partial charge in [0.25, 0.3) is 0 Å². The molecule has 7 N–H and O–H groups in total. The van der Waals surface area contributed by atoms with Gasteiger partial charge >= 0.3 is 5.97 Å². The van der Waals surface area contributed by atoms with Crippen molar-refractivity contribution in [3.05, 3.63) is 71.9 Å². The number of hydrogen-bond donors (Lipinski definition) is 6. The number of carboxylic acids is 1. The van der Waals surface area contributed by atoms with Crippen LogP contribution in [0.3, 0.4) is 0 Å². The van der Waals surface area contributed by atoms with Crippen LogP contribution in [0.25, 0.3) is 10.9 Å². The molecule has 0 fully saturated rings. The zero-order chi connectivity index (χ0) is 30.1. The number of carbonyl (C=O) groups is 4. The Labute approximate surface area is 240 Å². The molecule has 0 radical (unpaired) electrons. The van der Waals surface area contributed by atoms with E-state index in [2.05, 4.69) is 20.9 Å². The highest BCUT2D eigenvalue weighted by atomic mass is 16.4. The van der Waals surface area contributed by atoms with E-state index in [1.807, 2.05) is 44.2 Å². The summed E-state index contributed by atoms with van der Waals surface area (Å²) >= 11 is 0. The third-order valence-electron chi connectivity index (χ3n) is 7.44. The van der Waals surface area contributed by atoms with Crippen molar-refractivity contribution in [3.63, 3.8) is 0 Å². The Hall–Kier alpha value is -4.18. The number of carboxylic acid groups (broad SMARTS) is 1. The third kappa shape index (κ3) is 8.40. The van der Waals surface area contributed by atoms with Gasteiger partial charge < -0.3 is 31.8 Å². The fourth-order valence-corrected chi connectivity index (χ4v) is 4.61.